The molecule has 1 N–H and O–H groups in total. The fourth-order valence-electron chi connectivity index (χ4n) is 10.3. The van der Waals surface area contributed by atoms with Gasteiger partial charge in [-0.3, -0.25) is 9.59 Å². The van der Waals surface area contributed by atoms with Crippen molar-refractivity contribution in [2.75, 3.05) is 25.6 Å². The third kappa shape index (κ3) is 6.06. The van der Waals surface area contributed by atoms with Crippen molar-refractivity contribution in [2.24, 2.45) is 28.6 Å². The number of carbonyl (C=O) groups is 4. The standard InChI is InChI=1S/C39H44F2O11S/c1-23-17-26-27-19-29(40)28-18-24(42)10-13-35(28,2)38(27,41)31(43)20-36(26,3)39(23,52-32(44)30-9-8-15-47-30)33(45)53-16-7-6-14-48-34(46)49-21-25-22-50-37(51-25)11-4-5-12-37/h8-10,13,15,18,23,25-27,29,31,43H,4-5,11-12,14,16-17,19-22H2,1-3H3/t23-,25?,26+,27+,29+,31+,35+,36+,38+,39+/m1/s1. The lowest BCUT2D eigenvalue weighted by atomic mass is 9.44. The summed E-state index contributed by atoms with van der Waals surface area (Å²) in [5.41, 5.74) is -7.22. The van der Waals surface area contributed by atoms with Crippen molar-refractivity contribution in [2.45, 2.75) is 101 Å². The third-order valence-electron chi connectivity index (χ3n) is 12.8. The number of alkyl halides is 2. The van der Waals surface area contributed by atoms with Crippen molar-refractivity contribution in [3.63, 3.8) is 0 Å². The minimum atomic E-state index is -2.37. The zero-order chi connectivity index (χ0) is 37.8. The molecule has 0 amide bonds. The topological polar surface area (TPSA) is 148 Å². The molecule has 5 fully saturated rings. The summed E-state index contributed by atoms with van der Waals surface area (Å²) in [7, 11) is 0. The maximum absolute atomic E-state index is 17.8. The average molecular weight is 759 g/mol. The highest BCUT2D eigenvalue weighted by Crippen LogP contribution is 2.72. The van der Waals surface area contributed by atoms with Gasteiger partial charge in [0.05, 0.1) is 24.7 Å². The van der Waals surface area contributed by atoms with E-state index in [4.69, 9.17) is 28.1 Å². The molecule has 53 heavy (non-hydrogen) atoms. The first-order valence-electron chi connectivity index (χ1n) is 18.2. The van der Waals surface area contributed by atoms with E-state index in [1.807, 2.05) is 0 Å². The van der Waals surface area contributed by atoms with E-state index >= 15 is 8.78 Å². The minimum Gasteiger partial charge on any atom is -0.457 e. The molecule has 1 unspecified atom stereocenters. The van der Waals surface area contributed by atoms with E-state index in [1.54, 1.807) is 13.8 Å². The molecule has 10 atom stereocenters. The summed E-state index contributed by atoms with van der Waals surface area (Å²) in [6.45, 7) is 4.93. The van der Waals surface area contributed by atoms with E-state index in [2.05, 4.69) is 11.8 Å². The monoisotopic (exact) mass is 758 g/mol. The lowest BCUT2D eigenvalue weighted by Crippen LogP contribution is -2.70. The van der Waals surface area contributed by atoms with Crippen LogP contribution in [-0.4, -0.2) is 89.1 Å². The van der Waals surface area contributed by atoms with Crippen molar-refractivity contribution in [3.05, 3.63) is 48.0 Å². The molecule has 1 aromatic heterocycles. The summed E-state index contributed by atoms with van der Waals surface area (Å²) in [6, 6.07) is 2.89. The summed E-state index contributed by atoms with van der Waals surface area (Å²) in [5.74, 6) is 0.860. The van der Waals surface area contributed by atoms with Crippen molar-refractivity contribution in [3.8, 4) is 11.8 Å². The molecule has 6 aliphatic rings. The van der Waals surface area contributed by atoms with Gasteiger partial charge in [-0.15, -0.1) is 0 Å². The molecular weight excluding hydrogens is 714 g/mol. The highest BCUT2D eigenvalue weighted by Gasteiger charge is 2.78. The van der Waals surface area contributed by atoms with Crippen LogP contribution >= 0.6 is 11.8 Å². The predicted octanol–water partition coefficient (Wildman–Crippen LogP) is 5.84. The molecule has 14 heteroatoms. The van der Waals surface area contributed by atoms with Crippen LogP contribution in [0.4, 0.5) is 13.6 Å². The first-order valence-corrected chi connectivity index (χ1v) is 19.1. The minimum absolute atomic E-state index is 0.00919. The number of ketones is 1. The van der Waals surface area contributed by atoms with Gasteiger partial charge in [0.25, 0.3) is 0 Å². The number of thioether (sulfide) groups is 1. The van der Waals surface area contributed by atoms with E-state index in [0.29, 0.717) is 6.61 Å². The highest BCUT2D eigenvalue weighted by atomic mass is 32.2. The Balaban J connectivity index is 1.06. The van der Waals surface area contributed by atoms with Gasteiger partial charge in [0.2, 0.25) is 10.9 Å². The molecule has 1 spiro atoms. The maximum atomic E-state index is 17.8. The molecular formula is C39H44F2O11S. The van der Waals surface area contributed by atoms with Gasteiger partial charge >= 0.3 is 12.1 Å². The summed E-state index contributed by atoms with van der Waals surface area (Å²) in [6.07, 6.45) is 3.58. The lowest BCUT2D eigenvalue weighted by molar-refractivity contribution is -0.221. The number of esters is 1. The molecule has 1 aliphatic heterocycles. The van der Waals surface area contributed by atoms with Crippen LogP contribution in [0.2, 0.25) is 0 Å². The molecule has 11 nitrogen and oxygen atoms in total. The number of aliphatic hydroxyl groups excluding tert-OH is 1. The van der Waals surface area contributed by atoms with Crippen molar-refractivity contribution in [1.82, 2.24) is 0 Å². The molecule has 1 saturated heterocycles. The van der Waals surface area contributed by atoms with Gasteiger partial charge in [-0.1, -0.05) is 43.5 Å². The number of allylic oxidation sites excluding steroid dienone is 4. The van der Waals surface area contributed by atoms with E-state index in [-0.39, 0.29) is 55.7 Å². The quantitative estimate of drug-likeness (QED) is 0.263. The second-order valence-corrected chi connectivity index (χ2v) is 16.5. The van der Waals surface area contributed by atoms with Crippen LogP contribution in [0, 0.1) is 40.4 Å². The van der Waals surface area contributed by atoms with Gasteiger partial charge in [0.15, 0.2) is 29.4 Å². The van der Waals surface area contributed by atoms with E-state index in [0.717, 1.165) is 43.5 Å². The fraction of sp³-hybridized carbons (Fsp3) is 0.641. The second kappa shape index (κ2) is 14.0. The number of furan rings is 1. The van der Waals surface area contributed by atoms with Crippen LogP contribution in [0.5, 0.6) is 0 Å². The Morgan fingerprint density at radius 2 is 1.89 bits per heavy atom. The maximum Gasteiger partial charge on any atom is 0.509 e. The lowest BCUT2D eigenvalue weighted by Gasteiger charge is -2.63. The normalized spacial score (nSPS) is 39.3. The number of fused-ring (bicyclic) bond motifs is 5. The molecule has 0 aromatic carbocycles. The van der Waals surface area contributed by atoms with Gasteiger partial charge in [-0.25, -0.2) is 18.4 Å². The molecule has 5 aliphatic carbocycles. The van der Waals surface area contributed by atoms with Crippen LogP contribution < -0.4 is 0 Å². The van der Waals surface area contributed by atoms with E-state index in [9.17, 15) is 24.3 Å². The predicted molar refractivity (Wildman–Crippen MR) is 185 cm³/mol. The van der Waals surface area contributed by atoms with Crippen molar-refractivity contribution in [1.29, 1.82) is 0 Å². The van der Waals surface area contributed by atoms with Gasteiger partial charge in [-0.05, 0) is 74.8 Å². The van der Waals surface area contributed by atoms with Gasteiger partial charge in [0, 0.05) is 35.5 Å². The largest absolute Gasteiger partial charge is 0.509 e. The van der Waals surface area contributed by atoms with Gasteiger partial charge in [-0.2, -0.15) is 0 Å². The molecule has 286 valence electrons. The average Bonchev–Trinajstić information content (AvgIpc) is 3.94. The van der Waals surface area contributed by atoms with Crippen molar-refractivity contribution < 1.29 is 61.2 Å². The number of aliphatic hydroxyl groups is 1. The number of carbonyl (C=O) groups excluding carboxylic acids is 4. The second-order valence-electron chi connectivity index (χ2n) is 15.5. The van der Waals surface area contributed by atoms with Crippen LogP contribution in [0.3, 0.4) is 0 Å². The van der Waals surface area contributed by atoms with Crippen LogP contribution in [-0.2, 0) is 33.3 Å². The first-order chi connectivity index (χ1) is 25.2. The van der Waals surface area contributed by atoms with Crippen LogP contribution in [0.1, 0.15) is 76.3 Å². The highest BCUT2D eigenvalue weighted by molar-refractivity contribution is 8.14. The van der Waals surface area contributed by atoms with Crippen molar-refractivity contribution >= 4 is 34.8 Å². The molecule has 0 radical (unpaired) electrons. The molecule has 2 heterocycles. The van der Waals surface area contributed by atoms with Crippen LogP contribution in [0.15, 0.2) is 46.6 Å². The van der Waals surface area contributed by atoms with E-state index in [1.165, 1.54) is 37.5 Å². The molecule has 1 aromatic rings. The Labute approximate surface area is 310 Å². The molecule has 4 saturated carbocycles. The number of hydrogen-bond acceptors (Lipinski definition) is 12. The zero-order valence-electron chi connectivity index (χ0n) is 29.9. The molecule has 7 rings (SSSR count). The Kier molecular flexibility index (Phi) is 9.96. The van der Waals surface area contributed by atoms with Crippen LogP contribution in [0.25, 0.3) is 0 Å². The van der Waals surface area contributed by atoms with Gasteiger partial charge in [0.1, 0.15) is 18.9 Å². The number of halogens is 2. The Morgan fingerprint density at radius 1 is 1.11 bits per heavy atom. The summed E-state index contributed by atoms with van der Waals surface area (Å²) in [4.78, 5) is 52.4. The molecule has 0 bridgehead atoms. The van der Waals surface area contributed by atoms with Gasteiger partial charge < -0.3 is 33.2 Å². The summed E-state index contributed by atoms with van der Waals surface area (Å²) < 4.78 is 67.1. The smallest absolute Gasteiger partial charge is 0.457 e. The third-order valence-corrected chi connectivity index (χ3v) is 13.6. The first kappa shape index (κ1) is 37.8. The number of rotatable bonds is 7. The summed E-state index contributed by atoms with van der Waals surface area (Å²) >= 11 is 0.783. The number of hydrogen-bond donors (Lipinski definition) is 1. The Morgan fingerprint density at radius 3 is 2.62 bits per heavy atom. The zero-order valence-corrected chi connectivity index (χ0v) is 30.7. The Bertz CT molecular complexity index is 1760. The fourth-order valence-corrected chi connectivity index (χ4v) is 11.3. The van der Waals surface area contributed by atoms with E-state index < -0.39 is 80.9 Å². The summed E-state index contributed by atoms with van der Waals surface area (Å²) in [5, 5.41) is 11.2. The SMILES string of the molecule is C[C@@H]1C[C@H]2[C@@H]3C[C@H](F)C4=CC(=O)C=C[C@]4(C)[C@@]3(F)[C@@H](O)C[C@]2(C)[C@@]1(OC(=O)c1ccco1)C(=O)SCC#CCOC(=O)OCC1COC2(CCCC2)O1. The Hall–Kier alpha value is -3.51. The number of ether oxygens (including phenoxy) is 5.